The van der Waals surface area contributed by atoms with Crippen LogP contribution in [0.3, 0.4) is 0 Å². The third kappa shape index (κ3) is 54.7. The maximum absolute atomic E-state index is 12.8. The fourth-order valence-corrected chi connectivity index (χ4v) is 8.95. The highest BCUT2D eigenvalue weighted by Gasteiger charge is 2.19. The van der Waals surface area contributed by atoms with Crippen molar-refractivity contribution < 1.29 is 28.6 Å². The summed E-state index contributed by atoms with van der Waals surface area (Å²) in [6.45, 7) is 6.63. The highest BCUT2D eigenvalue weighted by atomic mass is 16.6. The van der Waals surface area contributed by atoms with Gasteiger partial charge >= 0.3 is 17.9 Å². The molecule has 0 aliphatic rings. The molecule has 1 unspecified atom stereocenters. The molecule has 0 aliphatic heterocycles. The summed E-state index contributed by atoms with van der Waals surface area (Å²) in [4.78, 5) is 38.0. The van der Waals surface area contributed by atoms with E-state index < -0.39 is 6.10 Å². The van der Waals surface area contributed by atoms with E-state index in [1.54, 1.807) is 0 Å². The number of carbonyl (C=O) groups is 3. The molecule has 0 saturated carbocycles. The number of allylic oxidation sites excluding steroid dienone is 4. The standard InChI is InChI=1S/C61H114O6/c1-4-7-10-13-16-19-21-23-25-27-28-29-30-31-32-33-34-35-37-38-40-42-45-48-51-54-60(63)66-57-58(56-65-59(62)53-50-47-44-18-15-12-9-6-3)67-61(64)55-52-49-46-43-41-39-36-26-24-22-20-17-14-11-8-5-2/h20,22,26,36,58H,4-19,21,23-25,27-35,37-57H2,1-3H3/b22-20-,36-26-. The molecule has 0 rings (SSSR count). The minimum Gasteiger partial charge on any atom is -0.462 e. The SMILES string of the molecule is CCCCCC/C=C\C/C=C\CCCCCCCC(=O)OC(COC(=O)CCCCCCCCCC)COC(=O)CCCCCCCCCCCCCCCCCCCCCCCCCCC. The van der Waals surface area contributed by atoms with Gasteiger partial charge in [0.15, 0.2) is 6.10 Å². The molecule has 6 nitrogen and oxygen atoms in total. The third-order valence-corrected chi connectivity index (χ3v) is 13.5. The second kappa shape index (κ2) is 56.5. The van der Waals surface area contributed by atoms with Gasteiger partial charge in [0.1, 0.15) is 13.2 Å². The van der Waals surface area contributed by atoms with Crippen molar-refractivity contribution in [3.05, 3.63) is 24.3 Å². The van der Waals surface area contributed by atoms with Crippen LogP contribution in [0, 0.1) is 0 Å². The zero-order valence-electron chi connectivity index (χ0n) is 45.2. The van der Waals surface area contributed by atoms with Crippen molar-refractivity contribution in [3.63, 3.8) is 0 Å². The van der Waals surface area contributed by atoms with Crippen LogP contribution in [-0.4, -0.2) is 37.2 Å². The van der Waals surface area contributed by atoms with Gasteiger partial charge in [-0.1, -0.05) is 283 Å². The average molecular weight is 944 g/mol. The first-order chi connectivity index (χ1) is 33.0. The maximum Gasteiger partial charge on any atom is 0.306 e. The zero-order valence-corrected chi connectivity index (χ0v) is 45.2. The van der Waals surface area contributed by atoms with E-state index in [1.165, 1.54) is 212 Å². The van der Waals surface area contributed by atoms with E-state index >= 15 is 0 Å². The lowest BCUT2D eigenvalue weighted by molar-refractivity contribution is -0.167. The average Bonchev–Trinajstić information content (AvgIpc) is 3.33. The van der Waals surface area contributed by atoms with Gasteiger partial charge in [-0.15, -0.1) is 0 Å². The van der Waals surface area contributed by atoms with Crippen molar-refractivity contribution in [2.75, 3.05) is 13.2 Å². The first-order valence-electron chi connectivity index (χ1n) is 29.8. The van der Waals surface area contributed by atoms with Gasteiger partial charge in [-0.2, -0.15) is 0 Å². The van der Waals surface area contributed by atoms with E-state index in [-0.39, 0.29) is 31.1 Å². The molecule has 0 radical (unpaired) electrons. The third-order valence-electron chi connectivity index (χ3n) is 13.5. The Morgan fingerprint density at radius 3 is 0.836 bits per heavy atom. The number of hydrogen-bond donors (Lipinski definition) is 0. The van der Waals surface area contributed by atoms with Crippen LogP contribution in [0.4, 0.5) is 0 Å². The second-order valence-electron chi connectivity index (χ2n) is 20.3. The maximum atomic E-state index is 12.8. The van der Waals surface area contributed by atoms with Gasteiger partial charge in [0, 0.05) is 19.3 Å². The summed E-state index contributed by atoms with van der Waals surface area (Å²) in [5, 5.41) is 0. The molecule has 6 heteroatoms. The summed E-state index contributed by atoms with van der Waals surface area (Å²) in [5.41, 5.74) is 0. The number of esters is 3. The minimum atomic E-state index is -0.772. The molecule has 0 N–H and O–H groups in total. The Morgan fingerprint density at radius 1 is 0.299 bits per heavy atom. The molecule has 1 atom stereocenters. The molecular formula is C61H114O6. The van der Waals surface area contributed by atoms with Gasteiger partial charge in [0.25, 0.3) is 0 Å². The summed E-state index contributed by atoms with van der Waals surface area (Å²) < 4.78 is 16.8. The summed E-state index contributed by atoms with van der Waals surface area (Å²) >= 11 is 0. The molecule has 0 aromatic carbocycles. The number of ether oxygens (including phenoxy) is 3. The minimum absolute atomic E-state index is 0.0721. The summed E-state index contributed by atoms with van der Waals surface area (Å²) in [7, 11) is 0. The van der Waals surface area contributed by atoms with Crippen LogP contribution in [0.15, 0.2) is 24.3 Å². The first kappa shape index (κ1) is 64.9. The fourth-order valence-electron chi connectivity index (χ4n) is 8.95. The zero-order chi connectivity index (χ0) is 48.6. The summed E-state index contributed by atoms with van der Waals surface area (Å²) in [5.74, 6) is -0.871. The number of carbonyl (C=O) groups excluding carboxylic acids is 3. The van der Waals surface area contributed by atoms with E-state index in [0.29, 0.717) is 19.3 Å². The Labute approximate surface area is 417 Å². The van der Waals surface area contributed by atoms with Crippen molar-refractivity contribution >= 4 is 17.9 Å². The van der Waals surface area contributed by atoms with Gasteiger partial charge in [-0.05, 0) is 51.4 Å². The molecule has 0 aliphatic carbocycles. The molecule has 0 amide bonds. The summed E-state index contributed by atoms with van der Waals surface area (Å²) in [6.07, 6.45) is 66.3. The van der Waals surface area contributed by atoms with Crippen molar-refractivity contribution in [2.45, 2.75) is 335 Å². The van der Waals surface area contributed by atoms with Gasteiger partial charge in [-0.3, -0.25) is 14.4 Å². The van der Waals surface area contributed by atoms with Crippen molar-refractivity contribution in [1.82, 2.24) is 0 Å². The van der Waals surface area contributed by atoms with E-state index in [4.69, 9.17) is 14.2 Å². The Morgan fingerprint density at radius 2 is 0.537 bits per heavy atom. The normalized spacial score (nSPS) is 12.1. The van der Waals surface area contributed by atoms with Crippen LogP contribution in [0.2, 0.25) is 0 Å². The predicted molar refractivity (Wildman–Crippen MR) is 289 cm³/mol. The molecule has 0 spiro atoms. The Hall–Kier alpha value is -2.11. The van der Waals surface area contributed by atoms with Crippen molar-refractivity contribution in [1.29, 1.82) is 0 Å². The van der Waals surface area contributed by atoms with E-state index in [1.807, 2.05) is 0 Å². The number of rotatable bonds is 55. The van der Waals surface area contributed by atoms with Gasteiger partial charge in [-0.25, -0.2) is 0 Å². The highest BCUT2D eigenvalue weighted by molar-refractivity contribution is 5.71. The Kier molecular flexibility index (Phi) is 54.7. The molecule has 0 saturated heterocycles. The molecule has 67 heavy (non-hydrogen) atoms. The van der Waals surface area contributed by atoms with Gasteiger partial charge < -0.3 is 14.2 Å². The van der Waals surface area contributed by atoms with Crippen LogP contribution < -0.4 is 0 Å². The predicted octanol–water partition coefficient (Wildman–Crippen LogP) is 19.9. The molecular weight excluding hydrogens is 829 g/mol. The molecule has 0 aromatic rings. The van der Waals surface area contributed by atoms with Crippen LogP contribution in [0.25, 0.3) is 0 Å². The lowest BCUT2D eigenvalue weighted by atomic mass is 10.0. The lowest BCUT2D eigenvalue weighted by Gasteiger charge is -2.18. The van der Waals surface area contributed by atoms with E-state index in [0.717, 1.165) is 77.0 Å². The number of hydrogen-bond acceptors (Lipinski definition) is 6. The van der Waals surface area contributed by atoms with Gasteiger partial charge in [0.05, 0.1) is 0 Å². The fraction of sp³-hybridized carbons (Fsp3) is 0.885. The van der Waals surface area contributed by atoms with Crippen LogP contribution in [0.1, 0.15) is 329 Å². The lowest BCUT2D eigenvalue weighted by Crippen LogP contribution is -2.30. The van der Waals surface area contributed by atoms with Gasteiger partial charge in [0.2, 0.25) is 0 Å². The summed E-state index contributed by atoms with van der Waals surface area (Å²) in [6, 6.07) is 0. The van der Waals surface area contributed by atoms with Crippen LogP contribution >= 0.6 is 0 Å². The first-order valence-corrected chi connectivity index (χ1v) is 29.8. The quantitative estimate of drug-likeness (QED) is 0.0262. The monoisotopic (exact) mass is 943 g/mol. The van der Waals surface area contributed by atoms with E-state index in [9.17, 15) is 14.4 Å². The largest absolute Gasteiger partial charge is 0.462 e. The second-order valence-corrected chi connectivity index (χ2v) is 20.3. The van der Waals surface area contributed by atoms with E-state index in [2.05, 4.69) is 45.1 Å². The van der Waals surface area contributed by atoms with Crippen molar-refractivity contribution in [3.8, 4) is 0 Å². The number of unbranched alkanes of at least 4 members (excludes halogenated alkanes) is 40. The highest BCUT2D eigenvalue weighted by Crippen LogP contribution is 2.17. The topological polar surface area (TPSA) is 78.9 Å². The van der Waals surface area contributed by atoms with Crippen molar-refractivity contribution in [2.24, 2.45) is 0 Å². The smallest absolute Gasteiger partial charge is 0.306 e. The molecule has 0 bridgehead atoms. The Bertz CT molecular complexity index is 1080. The Balaban J connectivity index is 4.12. The molecule has 394 valence electrons. The van der Waals surface area contributed by atoms with Crippen LogP contribution in [-0.2, 0) is 28.6 Å². The molecule has 0 aromatic heterocycles. The van der Waals surface area contributed by atoms with Crippen LogP contribution in [0.5, 0.6) is 0 Å². The molecule has 0 heterocycles. The molecule has 0 fully saturated rings.